The van der Waals surface area contributed by atoms with Gasteiger partial charge in [0.15, 0.2) is 4.80 Å². The number of esters is 1. The summed E-state index contributed by atoms with van der Waals surface area (Å²) in [5.74, 6) is 0.758. The number of carbonyl (C=O) groups is 1. The maximum Gasteiger partial charge on any atom is 0.338 e. The van der Waals surface area contributed by atoms with Crippen LogP contribution >= 0.6 is 11.3 Å². The Kier molecular flexibility index (Phi) is 6.67. The van der Waals surface area contributed by atoms with Gasteiger partial charge in [0.1, 0.15) is 17.5 Å². The molecule has 0 amide bonds. The molecule has 8 heteroatoms. The zero-order valence-corrected chi connectivity index (χ0v) is 21.8. The molecule has 1 aliphatic heterocycles. The summed E-state index contributed by atoms with van der Waals surface area (Å²) in [5, 5.41) is 1.85. The maximum atomic E-state index is 14.0. The molecule has 188 valence electrons. The summed E-state index contributed by atoms with van der Waals surface area (Å²) in [6.45, 7) is 3.73. The Balaban J connectivity index is 1.84. The standard InChI is InChI=1S/C29H26N2O5S/c1-5-36-28(33)24-17(2)30-29-31(27(32)23(37-29)16-18-9-8-11-20(15-18)34-3)26(24)25-21-12-7-6-10-19(21)13-14-22(25)35-4/h6-16,26H,5H2,1-4H3/b23-16-/t26-/m1/s1. The molecule has 7 nitrogen and oxygen atoms in total. The minimum atomic E-state index is -0.774. The van der Waals surface area contributed by atoms with Gasteiger partial charge in [0, 0.05) is 5.56 Å². The quantitative estimate of drug-likeness (QED) is 0.364. The lowest BCUT2D eigenvalue weighted by Crippen LogP contribution is -2.40. The topological polar surface area (TPSA) is 79.1 Å². The lowest BCUT2D eigenvalue weighted by atomic mass is 9.90. The number of carbonyl (C=O) groups excluding carboxylic acids is 1. The first-order valence-electron chi connectivity index (χ1n) is 11.9. The van der Waals surface area contributed by atoms with Gasteiger partial charge in [-0.15, -0.1) is 0 Å². The van der Waals surface area contributed by atoms with Crippen LogP contribution in [0.5, 0.6) is 11.5 Å². The SMILES string of the molecule is CCOC(=O)C1=C(C)N=c2s/c(=C\c3cccc(OC)c3)c(=O)n2[C@H]1c1c(OC)ccc2ccccc12. The fraction of sp³-hybridized carbons (Fsp3) is 0.207. The Morgan fingerprint density at radius 3 is 2.65 bits per heavy atom. The first-order valence-corrected chi connectivity index (χ1v) is 12.7. The Morgan fingerprint density at radius 1 is 1.08 bits per heavy atom. The molecule has 1 atom stereocenters. The lowest BCUT2D eigenvalue weighted by molar-refractivity contribution is -0.139. The summed E-state index contributed by atoms with van der Waals surface area (Å²) in [5.41, 5.74) is 2.11. The number of aromatic nitrogens is 1. The second-order valence-electron chi connectivity index (χ2n) is 8.48. The van der Waals surface area contributed by atoms with Crippen molar-refractivity contribution in [3.63, 3.8) is 0 Å². The Hall–Kier alpha value is -4.17. The van der Waals surface area contributed by atoms with E-state index in [0.717, 1.165) is 16.3 Å². The molecule has 4 aromatic rings. The summed E-state index contributed by atoms with van der Waals surface area (Å²) in [7, 11) is 3.19. The van der Waals surface area contributed by atoms with Crippen molar-refractivity contribution in [3.05, 3.63) is 103 Å². The van der Waals surface area contributed by atoms with E-state index in [9.17, 15) is 9.59 Å². The molecule has 0 radical (unpaired) electrons. The van der Waals surface area contributed by atoms with Gasteiger partial charge < -0.3 is 14.2 Å². The van der Waals surface area contributed by atoms with Gasteiger partial charge in [-0.05, 0) is 54.5 Å². The highest BCUT2D eigenvalue weighted by Gasteiger charge is 2.36. The van der Waals surface area contributed by atoms with Crippen LogP contribution in [0, 0.1) is 0 Å². The van der Waals surface area contributed by atoms with Crippen molar-refractivity contribution in [1.29, 1.82) is 0 Å². The van der Waals surface area contributed by atoms with Gasteiger partial charge in [0.25, 0.3) is 5.56 Å². The van der Waals surface area contributed by atoms with Crippen LogP contribution in [-0.2, 0) is 9.53 Å². The molecule has 0 fully saturated rings. The first-order chi connectivity index (χ1) is 18.0. The third-order valence-corrected chi connectivity index (χ3v) is 7.32. The predicted octanol–water partition coefficient (Wildman–Crippen LogP) is 3.97. The average Bonchev–Trinajstić information content (AvgIpc) is 3.21. The fourth-order valence-electron chi connectivity index (χ4n) is 4.68. The van der Waals surface area contributed by atoms with Crippen molar-refractivity contribution in [2.24, 2.45) is 4.99 Å². The van der Waals surface area contributed by atoms with Gasteiger partial charge in [0.2, 0.25) is 0 Å². The maximum absolute atomic E-state index is 14.0. The number of hydrogen-bond donors (Lipinski definition) is 0. The molecule has 0 saturated carbocycles. The number of thiazole rings is 1. The zero-order valence-electron chi connectivity index (χ0n) is 21.0. The van der Waals surface area contributed by atoms with Crippen LogP contribution < -0.4 is 24.4 Å². The van der Waals surface area contributed by atoms with Crippen LogP contribution in [0.4, 0.5) is 0 Å². The molecule has 1 aliphatic rings. The summed E-state index contributed by atoms with van der Waals surface area (Å²) >= 11 is 1.28. The highest BCUT2D eigenvalue weighted by Crippen LogP contribution is 2.40. The molecule has 3 aromatic carbocycles. The van der Waals surface area contributed by atoms with Gasteiger partial charge in [-0.25, -0.2) is 9.79 Å². The highest BCUT2D eigenvalue weighted by molar-refractivity contribution is 7.07. The van der Waals surface area contributed by atoms with E-state index >= 15 is 0 Å². The number of rotatable bonds is 6. The van der Waals surface area contributed by atoms with Crippen molar-refractivity contribution < 1.29 is 19.0 Å². The van der Waals surface area contributed by atoms with Gasteiger partial charge in [-0.1, -0.05) is 53.8 Å². The smallest absolute Gasteiger partial charge is 0.338 e. The number of ether oxygens (including phenoxy) is 3. The lowest BCUT2D eigenvalue weighted by Gasteiger charge is -2.27. The van der Waals surface area contributed by atoms with Crippen LogP contribution in [0.15, 0.2) is 81.7 Å². The van der Waals surface area contributed by atoms with E-state index < -0.39 is 12.0 Å². The molecule has 0 unspecified atom stereocenters. The molecule has 2 heterocycles. The molecule has 0 spiro atoms. The minimum Gasteiger partial charge on any atom is -0.497 e. The Labute approximate surface area is 217 Å². The third kappa shape index (κ3) is 4.34. The van der Waals surface area contributed by atoms with Crippen molar-refractivity contribution in [2.45, 2.75) is 19.9 Å². The van der Waals surface area contributed by atoms with E-state index in [0.29, 0.717) is 37.7 Å². The van der Waals surface area contributed by atoms with Crippen molar-refractivity contribution in [2.75, 3.05) is 20.8 Å². The number of allylic oxidation sites excluding steroid dienone is 1. The molecule has 0 bridgehead atoms. The molecule has 5 rings (SSSR count). The largest absolute Gasteiger partial charge is 0.497 e. The van der Waals surface area contributed by atoms with Crippen LogP contribution in [-0.4, -0.2) is 31.4 Å². The summed E-state index contributed by atoms with van der Waals surface area (Å²) < 4.78 is 18.6. The first kappa shape index (κ1) is 24.5. The predicted molar refractivity (Wildman–Crippen MR) is 144 cm³/mol. The van der Waals surface area contributed by atoms with Gasteiger partial charge in [-0.2, -0.15) is 0 Å². The van der Waals surface area contributed by atoms with Gasteiger partial charge in [-0.3, -0.25) is 9.36 Å². The Bertz CT molecular complexity index is 1730. The van der Waals surface area contributed by atoms with Crippen LogP contribution in [0.3, 0.4) is 0 Å². The molecular weight excluding hydrogens is 488 g/mol. The highest BCUT2D eigenvalue weighted by atomic mass is 32.1. The normalized spacial score (nSPS) is 15.4. The van der Waals surface area contributed by atoms with Crippen molar-refractivity contribution in [3.8, 4) is 11.5 Å². The zero-order chi connectivity index (χ0) is 26.1. The van der Waals surface area contributed by atoms with Crippen molar-refractivity contribution >= 4 is 34.2 Å². The van der Waals surface area contributed by atoms with Crippen LogP contribution in [0.1, 0.15) is 31.0 Å². The monoisotopic (exact) mass is 514 g/mol. The number of nitrogens with zero attached hydrogens (tertiary/aromatic N) is 2. The number of fused-ring (bicyclic) bond motifs is 2. The van der Waals surface area contributed by atoms with Crippen LogP contribution in [0.2, 0.25) is 0 Å². The molecule has 1 aromatic heterocycles. The molecule has 0 aliphatic carbocycles. The number of hydrogen-bond acceptors (Lipinski definition) is 7. The second kappa shape index (κ2) is 10.1. The average molecular weight is 515 g/mol. The van der Waals surface area contributed by atoms with Gasteiger partial charge >= 0.3 is 5.97 Å². The number of methoxy groups -OCH3 is 2. The molecule has 0 N–H and O–H groups in total. The third-order valence-electron chi connectivity index (χ3n) is 6.33. The van der Waals surface area contributed by atoms with E-state index in [1.165, 1.54) is 11.3 Å². The Morgan fingerprint density at radius 2 is 1.89 bits per heavy atom. The van der Waals surface area contributed by atoms with E-state index in [-0.39, 0.29) is 12.2 Å². The number of benzene rings is 3. The van der Waals surface area contributed by atoms with Gasteiger partial charge in [0.05, 0.1) is 36.6 Å². The summed E-state index contributed by atoms with van der Waals surface area (Å²) in [6.07, 6.45) is 1.81. The molecule has 0 saturated heterocycles. The molecule has 37 heavy (non-hydrogen) atoms. The second-order valence-corrected chi connectivity index (χ2v) is 9.49. The van der Waals surface area contributed by atoms with E-state index in [4.69, 9.17) is 14.2 Å². The fourth-order valence-corrected chi connectivity index (χ4v) is 5.73. The van der Waals surface area contributed by atoms with E-state index in [1.54, 1.807) is 32.6 Å². The minimum absolute atomic E-state index is 0.204. The molecular formula is C29H26N2O5S. The summed E-state index contributed by atoms with van der Waals surface area (Å²) in [4.78, 5) is 32.4. The summed E-state index contributed by atoms with van der Waals surface area (Å²) in [6, 6.07) is 18.4. The van der Waals surface area contributed by atoms with Crippen LogP contribution in [0.25, 0.3) is 16.8 Å². The van der Waals surface area contributed by atoms with Crippen molar-refractivity contribution in [1.82, 2.24) is 4.57 Å². The van der Waals surface area contributed by atoms with E-state index in [2.05, 4.69) is 4.99 Å². The van der Waals surface area contributed by atoms with E-state index in [1.807, 2.05) is 66.7 Å².